The van der Waals surface area contributed by atoms with Gasteiger partial charge in [0.25, 0.3) is 0 Å². The number of carbonyl (C=O) groups is 1. The van der Waals surface area contributed by atoms with E-state index in [9.17, 15) is 13.2 Å². The van der Waals surface area contributed by atoms with E-state index in [0.717, 1.165) is 11.1 Å². The standard InChI is InChI=1S/C23H30N2O4S/c1-18-15-19(2)23(20(3)16-18)30(27,28)25(10-9-21-7-5-4-6-8-21)17-22(26)24-11-13-29-14-12-24/h4-8,15-16H,9-14,17H2,1-3H3. The number of nitrogens with zero attached hydrogens (tertiary/aromatic N) is 2. The summed E-state index contributed by atoms with van der Waals surface area (Å²) >= 11 is 0. The average Bonchev–Trinajstić information content (AvgIpc) is 2.71. The normalized spacial score (nSPS) is 14.9. The zero-order chi connectivity index (χ0) is 21.7. The van der Waals surface area contributed by atoms with Crippen molar-refractivity contribution in [1.82, 2.24) is 9.21 Å². The number of hydrogen-bond acceptors (Lipinski definition) is 4. The third-order valence-electron chi connectivity index (χ3n) is 5.37. The minimum Gasteiger partial charge on any atom is -0.378 e. The summed E-state index contributed by atoms with van der Waals surface area (Å²) in [6.07, 6.45) is 0.542. The van der Waals surface area contributed by atoms with Gasteiger partial charge in [-0.15, -0.1) is 0 Å². The predicted molar refractivity (Wildman–Crippen MR) is 117 cm³/mol. The Morgan fingerprint density at radius 1 is 1.03 bits per heavy atom. The highest BCUT2D eigenvalue weighted by atomic mass is 32.2. The van der Waals surface area contributed by atoms with Gasteiger partial charge in [-0.25, -0.2) is 8.42 Å². The molecule has 0 aromatic heterocycles. The molecular formula is C23H30N2O4S. The highest BCUT2D eigenvalue weighted by Gasteiger charge is 2.31. The fourth-order valence-electron chi connectivity index (χ4n) is 3.95. The van der Waals surface area contributed by atoms with Crippen LogP contribution in [0.5, 0.6) is 0 Å². The van der Waals surface area contributed by atoms with Crippen LogP contribution in [0.25, 0.3) is 0 Å². The lowest BCUT2D eigenvalue weighted by molar-refractivity contribution is -0.135. The Morgan fingerprint density at radius 3 is 2.23 bits per heavy atom. The summed E-state index contributed by atoms with van der Waals surface area (Å²) in [6, 6.07) is 13.5. The molecule has 0 bridgehead atoms. The predicted octanol–water partition coefficient (Wildman–Crippen LogP) is 2.70. The van der Waals surface area contributed by atoms with E-state index in [4.69, 9.17) is 4.74 Å². The maximum absolute atomic E-state index is 13.7. The van der Waals surface area contributed by atoms with Crippen molar-refractivity contribution in [3.8, 4) is 0 Å². The van der Waals surface area contributed by atoms with Gasteiger partial charge < -0.3 is 9.64 Å². The van der Waals surface area contributed by atoms with Crippen LogP contribution in [-0.4, -0.2) is 62.9 Å². The molecule has 30 heavy (non-hydrogen) atoms. The highest BCUT2D eigenvalue weighted by Crippen LogP contribution is 2.25. The molecule has 0 spiro atoms. The second-order valence-corrected chi connectivity index (χ2v) is 9.67. The van der Waals surface area contributed by atoms with Crippen molar-refractivity contribution in [2.75, 3.05) is 39.4 Å². The largest absolute Gasteiger partial charge is 0.378 e. The molecule has 1 amide bonds. The Morgan fingerprint density at radius 2 is 1.63 bits per heavy atom. The van der Waals surface area contributed by atoms with Gasteiger partial charge in [-0.05, 0) is 43.9 Å². The summed E-state index contributed by atoms with van der Waals surface area (Å²) in [7, 11) is -3.83. The zero-order valence-corrected chi connectivity index (χ0v) is 18.7. The first-order valence-electron chi connectivity index (χ1n) is 10.3. The van der Waals surface area contributed by atoms with E-state index < -0.39 is 10.0 Å². The third kappa shape index (κ3) is 5.28. The van der Waals surface area contributed by atoms with E-state index >= 15 is 0 Å². The average molecular weight is 431 g/mol. The number of ether oxygens (including phenoxy) is 1. The Kier molecular flexibility index (Phi) is 7.28. The Hall–Kier alpha value is -2.22. The molecule has 1 aliphatic rings. The molecule has 1 saturated heterocycles. The van der Waals surface area contributed by atoms with Crippen LogP contribution >= 0.6 is 0 Å². The molecule has 1 aliphatic heterocycles. The van der Waals surface area contributed by atoms with Gasteiger partial charge >= 0.3 is 0 Å². The van der Waals surface area contributed by atoms with Crippen LogP contribution in [0.1, 0.15) is 22.3 Å². The van der Waals surface area contributed by atoms with Crippen molar-refractivity contribution in [1.29, 1.82) is 0 Å². The van der Waals surface area contributed by atoms with Crippen LogP contribution in [0.4, 0.5) is 0 Å². The number of amides is 1. The quantitative estimate of drug-likeness (QED) is 0.677. The van der Waals surface area contributed by atoms with Crippen molar-refractivity contribution in [3.05, 3.63) is 64.7 Å². The Balaban J connectivity index is 1.90. The van der Waals surface area contributed by atoms with Crippen molar-refractivity contribution in [2.24, 2.45) is 0 Å². The molecule has 7 heteroatoms. The number of morpholine rings is 1. The third-order valence-corrected chi connectivity index (χ3v) is 7.52. The zero-order valence-electron chi connectivity index (χ0n) is 17.9. The van der Waals surface area contributed by atoms with Gasteiger partial charge in [0, 0.05) is 19.6 Å². The van der Waals surface area contributed by atoms with Gasteiger partial charge in [0.2, 0.25) is 15.9 Å². The Bertz CT molecular complexity index is 961. The van der Waals surface area contributed by atoms with Gasteiger partial charge in [0.1, 0.15) is 0 Å². The molecule has 162 valence electrons. The lowest BCUT2D eigenvalue weighted by atomic mass is 10.1. The maximum atomic E-state index is 13.7. The van der Waals surface area contributed by atoms with E-state index in [-0.39, 0.29) is 19.0 Å². The summed E-state index contributed by atoms with van der Waals surface area (Å²) in [4.78, 5) is 14.9. The minimum absolute atomic E-state index is 0.165. The van der Waals surface area contributed by atoms with Crippen LogP contribution in [0, 0.1) is 20.8 Å². The number of aryl methyl sites for hydroxylation is 3. The van der Waals surface area contributed by atoms with Crippen molar-refractivity contribution in [2.45, 2.75) is 32.1 Å². The van der Waals surface area contributed by atoms with Gasteiger partial charge in [0.05, 0.1) is 24.7 Å². The van der Waals surface area contributed by atoms with E-state index in [0.29, 0.717) is 48.7 Å². The van der Waals surface area contributed by atoms with Crippen molar-refractivity contribution < 1.29 is 17.9 Å². The first-order chi connectivity index (χ1) is 14.3. The van der Waals surface area contributed by atoms with E-state index in [1.807, 2.05) is 63.2 Å². The molecule has 0 atom stereocenters. The van der Waals surface area contributed by atoms with E-state index in [1.54, 1.807) is 4.90 Å². The van der Waals surface area contributed by atoms with Crippen molar-refractivity contribution >= 4 is 15.9 Å². The van der Waals surface area contributed by atoms with Crippen LogP contribution in [0.3, 0.4) is 0 Å². The second kappa shape index (κ2) is 9.73. The molecule has 1 heterocycles. The topological polar surface area (TPSA) is 66.9 Å². The molecule has 0 saturated carbocycles. The summed E-state index contributed by atoms with van der Waals surface area (Å²) in [6.45, 7) is 7.61. The van der Waals surface area contributed by atoms with Crippen LogP contribution in [0.15, 0.2) is 47.4 Å². The summed E-state index contributed by atoms with van der Waals surface area (Å²) in [5.74, 6) is -0.183. The van der Waals surface area contributed by atoms with Crippen LogP contribution in [0.2, 0.25) is 0 Å². The number of rotatable bonds is 7. The molecule has 0 radical (unpaired) electrons. The van der Waals surface area contributed by atoms with Crippen molar-refractivity contribution in [3.63, 3.8) is 0 Å². The second-order valence-electron chi connectivity index (χ2n) is 7.80. The minimum atomic E-state index is -3.83. The fourth-order valence-corrected chi connectivity index (χ4v) is 5.75. The molecule has 0 N–H and O–H groups in total. The Labute approximate surface area is 179 Å². The van der Waals surface area contributed by atoms with Gasteiger partial charge in [-0.3, -0.25) is 4.79 Å². The fraction of sp³-hybridized carbons (Fsp3) is 0.435. The molecule has 0 unspecified atom stereocenters. The number of hydrogen-bond donors (Lipinski definition) is 0. The maximum Gasteiger partial charge on any atom is 0.244 e. The molecule has 2 aromatic carbocycles. The monoisotopic (exact) mass is 430 g/mol. The number of sulfonamides is 1. The number of carbonyl (C=O) groups excluding carboxylic acids is 1. The molecule has 2 aromatic rings. The van der Waals surface area contributed by atoms with Gasteiger partial charge in [0.15, 0.2) is 0 Å². The molecule has 1 fully saturated rings. The highest BCUT2D eigenvalue weighted by molar-refractivity contribution is 7.89. The van der Waals surface area contributed by atoms with Gasteiger partial charge in [-0.2, -0.15) is 4.31 Å². The lowest BCUT2D eigenvalue weighted by Crippen LogP contribution is -2.47. The lowest BCUT2D eigenvalue weighted by Gasteiger charge is -2.30. The van der Waals surface area contributed by atoms with Gasteiger partial charge in [-0.1, -0.05) is 48.0 Å². The SMILES string of the molecule is Cc1cc(C)c(S(=O)(=O)N(CCc2ccccc2)CC(=O)N2CCOCC2)c(C)c1. The van der Waals surface area contributed by atoms with E-state index in [1.165, 1.54) is 4.31 Å². The van der Waals surface area contributed by atoms with E-state index in [2.05, 4.69) is 0 Å². The smallest absolute Gasteiger partial charge is 0.244 e. The molecule has 0 aliphatic carbocycles. The molecular weight excluding hydrogens is 400 g/mol. The summed E-state index contributed by atoms with van der Waals surface area (Å²) in [5.41, 5.74) is 3.46. The molecule has 3 rings (SSSR count). The first kappa shape index (κ1) is 22.5. The van der Waals surface area contributed by atoms with Crippen LogP contribution in [-0.2, 0) is 26.0 Å². The first-order valence-corrected chi connectivity index (χ1v) is 11.7. The molecule has 6 nitrogen and oxygen atoms in total. The van der Waals surface area contributed by atoms with Crippen LogP contribution < -0.4 is 0 Å². The summed E-state index contributed by atoms with van der Waals surface area (Å²) in [5, 5.41) is 0. The summed E-state index contributed by atoms with van der Waals surface area (Å²) < 4.78 is 34.0. The number of benzene rings is 2.